The zero-order valence-corrected chi connectivity index (χ0v) is 10.2. The number of anilines is 1. The first kappa shape index (κ1) is 11.6. The minimum absolute atomic E-state index is 0.355. The van der Waals surface area contributed by atoms with Gasteiger partial charge in [-0.1, -0.05) is 18.2 Å². The predicted molar refractivity (Wildman–Crippen MR) is 71.1 cm³/mol. The van der Waals surface area contributed by atoms with E-state index in [0.29, 0.717) is 23.8 Å². The van der Waals surface area contributed by atoms with Gasteiger partial charge in [0.2, 0.25) is 5.88 Å². The highest BCUT2D eigenvalue weighted by atomic mass is 32.1. The van der Waals surface area contributed by atoms with Gasteiger partial charge in [-0.2, -0.15) is 17.9 Å². The van der Waals surface area contributed by atoms with Crippen molar-refractivity contribution >= 4 is 18.3 Å². The van der Waals surface area contributed by atoms with Gasteiger partial charge in [-0.15, -0.1) is 6.58 Å². The zero-order chi connectivity index (χ0) is 12.3. The number of thiol groups is 1. The lowest BCUT2D eigenvalue weighted by atomic mass is 10.2. The second-order valence-corrected chi connectivity index (χ2v) is 3.84. The number of benzene rings is 1. The highest BCUT2D eigenvalue weighted by Gasteiger charge is 2.27. The number of para-hydroxylation sites is 2. The van der Waals surface area contributed by atoms with Crippen molar-refractivity contribution in [2.75, 3.05) is 17.2 Å². The van der Waals surface area contributed by atoms with Crippen LogP contribution in [-0.2, 0) is 0 Å². The maximum atomic E-state index is 9.06. The van der Waals surface area contributed by atoms with Crippen molar-refractivity contribution in [1.82, 2.24) is 0 Å². The van der Waals surface area contributed by atoms with Crippen molar-refractivity contribution in [2.45, 2.75) is 0 Å². The molecule has 2 rings (SSSR count). The van der Waals surface area contributed by atoms with Crippen molar-refractivity contribution in [3.8, 4) is 11.8 Å². The van der Waals surface area contributed by atoms with Crippen LogP contribution < -0.4 is 9.64 Å². The summed E-state index contributed by atoms with van der Waals surface area (Å²) in [4.78, 5) is 1.93. The van der Waals surface area contributed by atoms with E-state index in [1.54, 1.807) is 6.08 Å². The normalized spacial score (nSPS) is 15.9. The summed E-state index contributed by atoms with van der Waals surface area (Å²) >= 11 is 4.15. The van der Waals surface area contributed by atoms with E-state index < -0.39 is 0 Å². The Morgan fingerprint density at radius 3 is 2.94 bits per heavy atom. The zero-order valence-electron chi connectivity index (χ0n) is 9.26. The average Bonchev–Trinajstić information content (AvgIpc) is 2.71. The molecule has 0 aliphatic carbocycles. The fourth-order valence-corrected chi connectivity index (χ4v) is 1.93. The Morgan fingerprint density at radius 2 is 2.29 bits per heavy atom. The van der Waals surface area contributed by atoms with Gasteiger partial charge in [-0.05, 0) is 12.1 Å². The number of rotatable bonds is 3. The molecule has 0 unspecified atom stereocenters. The monoisotopic (exact) mass is 244 g/mol. The van der Waals surface area contributed by atoms with Crippen molar-refractivity contribution in [2.24, 2.45) is 0 Å². The van der Waals surface area contributed by atoms with Crippen LogP contribution in [0.25, 0.3) is 0 Å². The van der Waals surface area contributed by atoms with Crippen molar-refractivity contribution in [3.05, 3.63) is 48.4 Å². The summed E-state index contributed by atoms with van der Waals surface area (Å²) < 4.78 is 5.70. The SMILES string of the molecule is C=CCN1/C(=C(\C#N)CS)Oc2ccccc21. The molecule has 0 N–H and O–H groups in total. The van der Waals surface area contributed by atoms with Gasteiger partial charge in [0.05, 0.1) is 11.3 Å². The molecule has 0 saturated carbocycles. The number of hydrogen-bond donors (Lipinski definition) is 1. The van der Waals surface area contributed by atoms with E-state index in [1.807, 2.05) is 29.2 Å². The molecule has 1 aromatic carbocycles. The molecule has 0 spiro atoms. The quantitative estimate of drug-likeness (QED) is 0.504. The van der Waals surface area contributed by atoms with E-state index in [-0.39, 0.29) is 0 Å². The Balaban J connectivity index is 2.50. The summed E-state index contributed by atoms with van der Waals surface area (Å²) in [5, 5.41) is 9.06. The molecule has 1 heterocycles. The fourth-order valence-electron chi connectivity index (χ4n) is 1.72. The van der Waals surface area contributed by atoms with Gasteiger partial charge in [-0.25, -0.2) is 0 Å². The molecule has 17 heavy (non-hydrogen) atoms. The number of ether oxygens (including phenoxy) is 1. The topological polar surface area (TPSA) is 36.3 Å². The summed E-state index contributed by atoms with van der Waals surface area (Å²) in [5.74, 6) is 1.68. The third-order valence-corrected chi connectivity index (χ3v) is 2.79. The van der Waals surface area contributed by atoms with E-state index in [4.69, 9.17) is 10.00 Å². The molecule has 0 atom stereocenters. The molecule has 0 aromatic heterocycles. The summed E-state index contributed by atoms with van der Waals surface area (Å²) in [6.45, 7) is 4.32. The van der Waals surface area contributed by atoms with E-state index >= 15 is 0 Å². The molecule has 0 radical (unpaired) electrons. The van der Waals surface area contributed by atoms with E-state index in [0.717, 1.165) is 11.4 Å². The van der Waals surface area contributed by atoms with Gasteiger partial charge in [0.1, 0.15) is 6.07 Å². The van der Waals surface area contributed by atoms with Crippen LogP contribution in [0.15, 0.2) is 48.4 Å². The summed E-state index contributed by atoms with van der Waals surface area (Å²) in [5.41, 5.74) is 1.48. The highest BCUT2D eigenvalue weighted by molar-refractivity contribution is 7.80. The minimum Gasteiger partial charge on any atom is -0.438 e. The number of fused-ring (bicyclic) bond motifs is 1. The van der Waals surface area contributed by atoms with Crippen molar-refractivity contribution < 1.29 is 4.74 Å². The first-order chi connectivity index (χ1) is 8.31. The molecule has 86 valence electrons. The van der Waals surface area contributed by atoms with Crippen LogP contribution in [0.2, 0.25) is 0 Å². The first-order valence-corrected chi connectivity index (χ1v) is 5.84. The Kier molecular flexibility index (Phi) is 3.40. The van der Waals surface area contributed by atoms with Crippen LogP contribution >= 0.6 is 12.6 Å². The Bertz CT molecular complexity index is 516. The third-order valence-electron chi connectivity index (χ3n) is 2.47. The number of nitriles is 1. The Labute approximate surface area is 106 Å². The van der Waals surface area contributed by atoms with Gasteiger partial charge in [-0.3, -0.25) is 0 Å². The van der Waals surface area contributed by atoms with E-state index in [1.165, 1.54) is 0 Å². The molecule has 0 bridgehead atoms. The van der Waals surface area contributed by atoms with Gasteiger partial charge in [0, 0.05) is 12.3 Å². The molecule has 0 saturated heterocycles. The fraction of sp³-hybridized carbons (Fsp3) is 0.154. The summed E-state index contributed by atoms with van der Waals surface area (Å²) in [7, 11) is 0. The minimum atomic E-state index is 0.355. The lowest BCUT2D eigenvalue weighted by Gasteiger charge is -2.16. The first-order valence-electron chi connectivity index (χ1n) is 5.21. The van der Waals surface area contributed by atoms with Crippen LogP contribution in [0.1, 0.15) is 0 Å². The van der Waals surface area contributed by atoms with Gasteiger partial charge in [0.25, 0.3) is 0 Å². The Morgan fingerprint density at radius 1 is 1.53 bits per heavy atom. The molecule has 4 heteroatoms. The molecule has 0 fully saturated rings. The second kappa shape index (κ2) is 4.98. The lowest BCUT2D eigenvalue weighted by molar-refractivity contribution is 0.437. The third kappa shape index (κ3) is 2.02. The predicted octanol–water partition coefficient (Wildman–Crippen LogP) is 2.74. The maximum absolute atomic E-state index is 9.06. The van der Waals surface area contributed by atoms with Crippen LogP contribution in [0, 0.1) is 11.3 Å². The van der Waals surface area contributed by atoms with E-state index in [9.17, 15) is 0 Å². The van der Waals surface area contributed by atoms with E-state index in [2.05, 4.69) is 25.3 Å². The maximum Gasteiger partial charge on any atom is 0.215 e. The second-order valence-electron chi connectivity index (χ2n) is 3.52. The molecular formula is C13H12N2OS. The van der Waals surface area contributed by atoms with Crippen molar-refractivity contribution in [1.29, 1.82) is 5.26 Å². The van der Waals surface area contributed by atoms with Gasteiger partial charge < -0.3 is 9.64 Å². The number of nitrogens with zero attached hydrogens (tertiary/aromatic N) is 2. The van der Waals surface area contributed by atoms with Crippen LogP contribution in [0.3, 0.4) is 0 Å². The highest BCUT2D eigenvalue weighted by Crippen LogP contribution is 2.39. The number of hydrogen-bond acceptors (Lipinski definition) is 4. The molecule has 1 aromatic rings. The molecule has 0 amide bonds. The van der Waals surface area contributed by atoms with Crippen LogP contribution in [0.4, 0.5) is 5.69 Å². The molecule has 1 aliphatic heterocycles. The standard InChI is InChI=1S/C13H12N2OS/c1-2-7-15-11-5-3-4-6-12(11)16-13(15)10(8-14)9-17/h2-6,17H,1,7,9H2/b13-10-. The van der Waals surface area contributed by atoms with Crippen molar-refractivity contribution in [3.63, 3.8) is 0 Å². The van der Waals surface area contributed by atoms with Gasteiger partial charge >= 0.3 is 0 Å². The Hall–Kier alpha value is -1.86. The molecule has 3 nitrogen and oxygen atoms in total. The molecular weight excluding hydrogens is 232 g/mol. The smallest absolute Gasteiger partial charge is 0.215 e. The van der Waals surface area contributed by atoms with Crippen LogP contribution in [0.5, 0.6) is 5.75 Å². The lowest BCUT2D eigenvalue weighted by Crippen LogP contribution is -2.22. The van der Waals surface area contributed by atoms with Gasteiger partial charge in [0.15, 0.2) is 5.75 Å². The summed E-state index contributed by atoms with van der Waals surface area (Å²) in [6, 6.07) is 9.80. The molecule has 1 aliphatic rings. The van der Waals surface area contributed by atoms with Crippen LogP contribution in [-0.4, -0.2) is 12.3 Å². The largest absolute Gasteiger partial charge is 0.438 e. The average molecular weight is 244 g/mol. The summed E-state index contributed by atoms with van der Waals surface area (Å²) in [6.07, 6.45) is 1.78.